The molecule has 1 N–H and O–H groups in total. The van der Waals surface area contributed by atoms with Crippen LogP contribution in [0.1, 0.15) is 20.8 Å². The Hall–Kier alpha value is 0.190. The van der Waals surface area contributed by atoms with Crippen LogP contribution in [-0.2, 0) is 14.2 Å². The Kier molecular flexibility index (Phi) is 3.03. The lowest BCUT2D eigenvalue weighted by Crippen LogP contribution is -2.54. The van der Waals surface area contributed by atoms with Crippen molar-refractivity contribution in [3.05, 3.63) is 0 Å². The molecule has 0 amide bonds. The number of fused-ring (bicyclic) bond motifs is 1. The van der Waals surface area contributed by atoms with Crippen molar-refractivity contribution in [2.45, 2.75) is 56.4 Å². The Morgan fingerprint density at radius 2 is 1.80 bits per heavy atom. The normalized spacial score (nSPS) is 49.0. The van der Waals surface area contributed by atoms with Crippen LogP contribution in [0, 0.1) is 0 Å². The summed E-state index contributed by atoms with van der Waals surface area (Å²) in [6.07, 6.45) is 0.699. The van der Waals surface area contributed by atoms with Crippen LogP contribution < -0.4 is 0 Å². The summed E-state index contributed by atoms with van der Waals surface area (Å²) in [7, 11) is 0. The van der Waals surface area contributed by atoms with E-state index in [0.717, 1.165) is 0 Å². The van der Waals surface area contributed by atoms with E-state index in [1.54, 1.807) is 11.8 Å². The zero-order chi connectivity index (χ0) is 11.2. The minimum absolute atomic E-state index is 0.0600. The van der Waals surface area contributed by atoms with E-state index >= 15 is 0 Å². The average molecular weight is 234 g/mol. The summed E-state index contributed by atoms with van der Waals surface area (Å²) in [6, 6.07) is 0. The van der Waals surface area contributed by atoms with Crippen LogP contribution in [0.25, 0.3) is 0 Å². The van der Waals surface area contributed by atoms with Gasteiger partial charge in [0.2, 0.25) is 0 Å². The van der Waals surface area contributed by atoms with Crippen LogP contribution in [0.5, 0.6) is 0 Å². The highest BCUT2D eigenvalue weighted by Crippen LogP contribution is 2.39. The zero-order valence-electron chi connectivity index (χ0n) is 9.47. The first kappa shape index (κ1) is 11.7. The van der Waals surface area contributed by atoms with Gasteiger partial charge in [0.1, 0.15) is 23.7 Å². The Balaban J connectivity index is 2.18. The summed E-state index contributed by atoms with van der Waals surface area (Å²) < 4.78 is 17.1. The minimum Gasteiger partial charge on any atom is -0.388 e. The van der Waals surface area contributed by atoms with Crippen molar-refractivity contribution in [3.63, 3.8) is 0 Å². The average Bonchev–Trinajstić information content (AvgIpc) is 2.48. The summed E-state index contributed by atoms with van der Waals surface area (Å²) in [5.41, 5.74) is -0.0600. The molecule has 88 valence electrons. The van der Waals surface area contributed by atoms with Crippen molar-refractivity contribution in [1.29, 1.82) is 0 Å². The number of thioether (sulfide) groups is 1. The first-order valence-corrected chi connectivity index (χ1v) is 6.45. The highest BCUT2D eigenvalue weighted by molar-refractivity contribution is 7.99. The van der Waals surface area contributed by atoms with Crippen LogP contribution >= 0.6 is 11.8 Å². The molecule has 2 fully saturated rings. The van der Waals surface area contributed by atoms with Gasteiger partial charge < -0.3 is 19.3 Å². The molecular formula is C10H18O4S. The summed E-state index contributed by atoms with van der Waals surface area (Å²) in [5, 5.41) is 9.95. The van der Waals surface area contributed by atoms with Crippen molar-refractivity contribution in [2.24, 2.45) is 0 Å². The van der Waals surface area contributed by atoms with Gasteiger partial charge in [-0.05, 0) is 27.0 Å². The molecule has 0 saturated carbocycles. The summed E-state index contributed by atoms with van der Waals surface area (Å²) in [6.45, 7) is 5.58. The lowest BCUT2D eigenvalue weighted by atomic mass is 10.0. The molecule has 2 heterocycles. The molecule has 2 aliphatic rings. The number of rotatable bonds is 1. The second-order valence-corrected chi connectivity index (χ2v) is 5.44. The molecule has 5 heteroatoms. The maximum absolute atomic E-state index is 9.95. The number of ether oxygens (including phenoxy) is 3. The van der Waals surface area contributed by atoms with Crippen LogP contribution in [0.4, 0.5) is 0 Å². The molecule has 2 aliphatic heterocycles. The van der Waals surface area contributed by atoms with Gasteiger partial charge in [0.15, 0.2) is 5.79 Å². The van der Waals surface area contributed by atoms with Gasteiger partial charge in [-0.15, -0.1) is 11.8 Å². The van der Waals surface area contributed by atoms with Gasteiger partial charge in [-0.1, -0.05) is 0 Å². The molecule has 2 saturated heterocycles. The first-order chi connectivity index (χ1) is 6.94. The fourth-order valence-electron chi connectivity index (χ4n) is 2.12. The molecule has 0 aromatic carbocycles. The minimum atomic E-state index is -0.627. The maximum atomic E-state index is 9.95. The van der Waals surface area contributed by atoms with E-state index in [0.29, 0.717) is 0 Å². The molecule has 4 nitrogen and oxygen atoms in total. The highest BCUT2D eigenvalue weighted by Gasteiger charge is 2.53. The zero-order valence-corrected chi connectivity index (χ0v) is 10.3. The van der Waals surface area contributed by atoms with E-state index in [-0.39, 0.29) is 23.7 Å². The predicted molar refractivity (Wildman–Crippen MR) is 57.7 cm³/mol. The second-order valence-electron chi connectivity index (χ2n) is 4.50. The van der Waals surface area contributed by atoms with Crippen LogP contribution in [0.15, 0.2) is 0 Å². The number of aliphatic hydroxyl groups excluding tert-OH is 1. The molecule has 0 radical (unpaired) electrons. The third-order valence-corrected chi connectivity index (χ3v) is 3.67. The van der Waals surface area contributed by atoms with Gasteiger partial charge in [0, 0.05) is 0 Å². The van der Waals surface area contributed by atoms with E-state index in [1.807, 2.05) is 27.0 Å². The standard InChI is InChI=1S/C10H18O4S/c1-5-6(11)7-8(9(12-5)15-4)14-10(2,3)13-7/h5-9,11H,1-4H3/t5-,6-,7+,8+,9-/m0/s1. The van der Waals surface area contributed by atoms with E-state index < -0.39 is 11.9 Å². The van der Waals surface area contributed by atoms with Crippen LogP contribution in [0.2, 0.25) is 0 Å². The SMILES string of the molecule is CS[C@@H]1O[C@@H](C)[C@H](O)[C@H]2OC(C)(C)O[C@H]21. The van der Waals surface area contributed by atoms with Gasteiger partial charge in [-0.3, -0.25) is 0 Å². The van der Waals surface area contributed by atoms with Gasteiger partial charge in [0.25, 0.3) is 0 Å². The third kappa shape index (κ3) is 2.03. The summed E-state index contributed by atoms with van der Waals surface area (Å²) in [4.78, 5) is 0. The number of aliphatic hydroxyl groups is 1. The van der Waals surface area contributed by atoms with Gasteiger partial charge in [0.05, 0.1) is 6.10 Å². The molecular weight excluding hydrogens is 216 g/mol. The van der Waals surface area contributed by atoms with Gasteiger partial charge in [-0.2, -0.15) is 0 Å². The lowest BCUT2D eigenvalue weighted by Gasteiger charge is -2.37. The van der Waals surface area contributed by atoms with E-state index in [4.69, 9.17) is 14.2 Å². The molecule has 0 spiro atoms. The van der Waals surface area contributed by atoms with Crippen molar-refractivity contribution in [2.75, 3.05) is 6.26 Å². The van der Waals surface area contributed by atoms with Crippen molar-refractivity contribution < 1.29 is 19.3 Å². The third-order valence-electron chi connectivity index (χ3n) is 2.83. The second kappa shape index (κ2) is 3.89. The number of hydrogen-bond acceptors (Lipinski definition) is 5. The highest BCUT2D eigenvalue weighted by atomic mass is 32.2. The lowest BCUT2D eigenvalue weighted by molar-refractivity contribution is -0.159. The molecule has 2 rings (SSSR count). The summed E-state index contributed by atoms with van der Waals surface area (Å²) in [5.74, 6) is -0.627. The van der Waals surface area contributed by atoms with E-state index in [2.05, 4.69) is 0 Å². The Morgan fingerprint density at radius 1 is 1.20 bits per heavy atom. The van der Waals surface area contributed by atoms with Crippen LogP contribution in [0.3, 0.4) is 0 Å². The largest absolute Gasteiger partial charge is 0.388 e. The Bertz CT molecular complexity index is 238. The summed E-state index contributed by atoms with van der Waals surface area (Å²) >= 11 is 1.59. The quantitative estimate of drug-likeness (QED) is 0.732. The monoisotopic (exact) mass is 234 g/mol. The Labute approximate surface area is 94.3 Å². The fourth-order valence-corrected chi connectivity index (χ4v) is 2.88. The van der Waals surface area contributed by atoms with Gasteiger partial charge in [-0.25, -0.2) is 0 Å². The Morgan fingerprint density at radius 3 is 2.40 bits per heavy atom. The smallest absolute Gasteiger partial charge is 0.164 e. The molecule has 0 aliphatic carbocycles. The van der Waals surface area contributed by atoms with Gasteiger partial charge >= 0.3 is 0 Å². The molecule has 0 bridgehead atoms. The fraction of sp³-hybridized carbons (Fsp3) is 1.00. The number of hydrogen-bond donors (Lipinski definition) is 1. The van der Waals surface area contributed by atoms with E-state index in [9.17, 15) is 5.11 Å². The topological polar surface area (TPSA) is 47.9 Å². The molecule has 0 aromatic heterocycles. The first-order valence-electron chi connectivity index (χ1n) is 5.16. The molecule has 15 heavy (non-hydrogen) atoms. The van der Waals surface area contributed by atoms with Crippen molar-refractivity contribution in [1.82, 2.24) is 0 Å². The van der Waals surface area contributed by atoms with Crippen molar-refractivity contribution in [3.8, 4) is 0 Å². The molecule has 5 atom stereocenters. The predicted octanol–water partition coefficient (Wildman–Crippen LogP) is 0.975. The maximum Gasteiger partial charge on any atom is 0.164 e. The van der Waals surface area contributed by atoms with E-state index in [1.165, 1.54) is 0 Å². The molecule has 0 aromatic rings. The molecule has 0 unspecified atom stereocenters. The van der Waals surface area contributed by atoms with Crippen LogP contribution in [-0.4, -0.2) is 47.0 Å². The van der Waals surface area contributed by atoms with Crippen molar-refractivity contribution >= 4 is 11.8 Å².